The van der Waals surface area contributed by atoms with Crippen molar-refractivity contribution in [1.82, 2.24) is 4.90 Å². The van der Waals surface area contributed by atoms with Crippen LogP contribution in [-0.2, 0) is 4.74 Å². The van der Waals surface area contributed by atoms with Gasteiger partial charge in [-0.15, -0.1) is 0 Å². The first-order valence-electron chi connectivity index (χ1n) is 6.90. The lowest BCUT2D eigenvalue weighted by Gasteiger charge is -2.25. The first-order valence-corrected chi connectivity index (χ1v) is 6.90. The van der Waals surface area contributed by atoms with Crippen LogP contribution in [0.25, 0.3) is 0 Å². The maximum atomic E-state index is 13.1. The molecule has 0 spiro atoms. The van der Waals surface area contributed by atoms with E-state index in [1.165, 1.54) is 11.0 Å². The molecule has 0 aliphatic carbocycles. The molecule has 5 heteroatoms. The van der Waals surface area contributed by atoms with E-state index in [2.05, 4.69) is 0 Å². The summed E-state index contributed by atoms with van der Waals surface area (Å²) in [6, 6.07) is 3.21. The molecule has 1 aliphatic rings. The van der Waals surface area contributed by atoms with Crippen LogP contribution in [-0.4, -0.2) is 37.1 Å². The fourth-order valence-electron chi connectivity index (χ4n) is 2.32. The Kier molecular flexibility index (Phi) is 5.06. The third-order valence-corrected chi connectivity index (χ3v) is 3.57. The average molecular weight is 283 g/mol. The molecule has 0 radical (unpaired) electrons. The molecule has 0 saturated carbocycles. The molecule has 1 unspecified atom stereocenters. The van der Waals surface area contributed by atoms with Gasteiger partial charge in [0.25, 0.3) is 5.91 Å². The smallest absolute Gasteiger partial charge is 0.253 e. The maximum absolute atomic E-state index is 13.1. The molecule has 1 aliphatic heterocycles. The summed E-state index contributed by atoms with van der Waals surface area (Å²) < 4.78 is 31.6. The van der Waals surface area contributed by atoms with Crippen molar-refractivity contribution in [2.75, 3.05) is 20.2 Å². The number of halogens is 2. The summed E-state index contributed by atoms with van der Waals surface area (Å²) in [5, 5.41) is 0. The lowest BCUT2D eigenvalue weighted by molar-refractivity contribution is 0.00708. The van der Waals surface area contributed by atoms with Gasteiger partial charge in [0.2, 0.25) is 0 Å². The predicted molar refractivity (Wildman–Crippen MR) is 71.5 cm³/mol. The van der Waals surface area contributed by atoms with Crippen molar-refractivity contribution >= 4 is 5.91 Å². The monoisotopic (exact) mass is 283 g/mol. The number of ether oxygens (including phenoxy) is 1. The zero-order valence-electron chi connectivity index (χ0n) is 11.6. The van der Waals surface area contributed by atoms with Crippen molar-refractivity contribution in [3.05, 3.63) is 35.4 Å². The van der Waals surface area contributed by atoms with Crippen LogP contribution in [0.4, 0.5) is 8.78 Å². The van der Waals surface area contributed by atoms with E-state index in [0.29, 0.717) is 6.54 Å². The van der Waals surface area contributed by atoms with Crippen molar-refractivity contribution in [2.24, 2.45) is 0 Å². The highest BCUT2D eigenvalue weighted by molar-refractivity contribution is 5.94. The van der Waals surface area contributed by atoms with Gasteiger partial charge in [0.05, 0.1) is 6.10 Å². The van der Waals surface area contributed by atoms with Gasteiger partial charge in [0.1, 0.15) is 0 Å². The normalized spacial score (nSPS) is 18.9. The van der Waals surface area contributed by atoms with E-state index >= 15 is 0 Å². The highest BCUT2D eigenvalue weighted by Gasteiger charge is 2.18. The topological polar surface area (TPSA) is 29.5 Å². The second kappa shape index (κ2) is 6.79. The summed E-state index contributed by atoms with van der Waals surface area (Å²) in [4.78, 5) is 13.6. The molecule has 0 aromatic heterocycles. The Bertz CT molecular complexity index is 473. The van der Waals surface area contributed by atoms with Crippen LogP contribution in [0.3, 0.4) is 0 Å². The van der Waals surface area contributed by atoms with E-state index < -0.39 is 11.6 Å². The van der Waals surface area contributed by atoms with Crippen LogP contribution in [0, 0.1) is 11.6 Å². The Morgan fingerprint density at radius 3 is 2.80 bits per heavy atom. The van der Waals surface area contributed by atoms with Gasteiger partial charge in [-0.1, -0.05) is 0 Å². The van der Waals surface area contributed by atoms with E-state index in [1.54, 1.807) is 7.05 Å². The molecule has 1 amide bonds. The highest BCUT2D eigenvalue weighted by atomic mass is 19.2. The molecule has 20 heavy (non-hydrogen) atoms. The standard InChI is InChI=1S/C15H19F2NO2/c1-18(8-7-12-4-2-3-9-20-12)15(19)11-5-6-13(16)14(17)10-11/h5-6,10,12H,2-4,7-9H2,1H3. The molecule has 110 valence electrons. The van der Waals surface area contributed by atoms with Gasteiger partial charge in [-0.05, 0) is 43.9 Å². The molecule has 3 nitrogen and oxygen atoms in total. The molecule has 2 rings (SSSR count). The maximum Gasteiger partial charge on any atom is 0.253 e. The lowest BCUT2D eigenvalue weighted by Crippen LogP contribution is -2.31. The second-order valence-electron chi connectivity index (χ2n) is 5.13. The number of nitrogens with zero attached hydrogens (tertiary/aromatic N) is 1. The van der Waals surface area contributed by atoms with E-state index in [4.69, 9.17) is 4.74 Å². The van der Waals surface area contributed by atoms with Crippen molar-refractivity contribution in [3.8, 4) is 0 Å². The van der Waals surface area contributed by atoms with Crippen molar-refractivity contribution < 1.29 is 18.3 Å². The number of rotatable bonds is 4. The molecule has 1 saturated heterocycles. The average Bonchev–Trinajstić information content (AvgIpc) is 2.48. The Morgan fingerprint density at radius 2 is 2.15 bits per heavy atom. The minimum atomic E-state index is -1.00. The van der Waals surface area contributed by atoms with Crippen LogP contribution in [0.15, 0.2) is 18.2 Å². The Balaban J connectivity index is 1.89. The van der Waals surface area contributed by atoms with Gasteiger partial charge < -0.3 is 9.64 Å². The van der Waals surface area contributed by atoms with Gasteiger partial charge in [-0.25, -0.2) is 8.78 Å². The molecular formula is C15H19F2NO2. The van der Waals surface area contributed by atoms with Gasteiger partial charge in [0, 0.05) is 25.8 Å². The van der Waals surface area contributed by atoms with Crippen LogP contribution in [0.1, 0.15) is 36.0 Å². The van der Waals surface area contributed by atoms with Crippen molar-refractivity contribution in [2.45, 2.75) is 31.8 Å². The van der Waals surface area contributed by atoms with Crippen LogP contribution in [0.2, 0.25) is 0 Å². The fourth-order valence-corrected chi connectivity index (χ4v) is 2.32. The highest BCUT2D eigenvalue weighted by Crippen LogP contribution is 2.16. The molecule has 0 N–H and O–H groups in total. The molecule has 1 aromatic rings. The van der Waals surface area contributed by atoms with E-state index in [-0.39, 0.29) is 17.6 Å². The molecule has 1 fully saturated rings. The Hall–Kier alpha value is -1.49. The number of hydrogen-bond acceptors (Lipinski definition) is 2. The molecule has 1 aromatic carbocycles. The summed E-state index contributed by atoms with van der Waals surface area (Å²) in [6.07, 6.45) is 4.24. The van der Waals surface area contributed by atoms with Crippen molar-refractivity contribution in [1.29, 1.82) is 0 Å². The third-order valence-electron chi connectivity index (χ3n) is 3.57. The minimum absolute atomic E-state index is 0.163. The number of amides is 1. The van der Waals surface area contributed by atoms with Crippen LogP contribution in [0.5, 0.6) is 0 Å². The lowest BCUT2D eigenvalue weighted by atomic mass is 10.1. The summed E-state index contributed by atoms with van der Waals surface area (Å²) >= 11 is 0. The molecular weight excluding hydrogens is 264 g/mol. The molecule has 1 heterocycles. The fraction of sp³-hybridized carbons (Fsp3) is 0.533. The van der Waals surface area contributed by atoms with E-state index in [9.17, 15) is 13.6 Å². The summed E-state index contributed by atoms with van der Waals surface area (Å²) in [6.45, 7) is 1.33. The van der Waals surface area contributed by atoms with Gasteiger partial charge in [-0.2, -0.15) is 0 Å². The summed E-state index contributed by atoms with van der Waals surface area (Å²) in [7, 11) is 1.66. The van der Waals surface area contributed by atoms with Gasteiger partial charge >= 0.3 is 0 Å². The van der Waals surface area contributed by atoms with Gasteiger partial charge in [0.15, 0.2) is 11.6 Å². The zero-order valence-corrected chi connectivity index (χ0v) is 11.6. The van der Waals surface area contributed by atoms with Crippen molar-refractivity contribution in [3.63, 3.8) is 0 Å². The zero-order chi connectivity index (χ0) is 14.5. The van der Waals surface area contributed by atoms with Crippen LogP contribution >= 0.6 is 0 Å². The number of carbonyl (C=O) groups is 1. The number of hydrogen-bond donors (Lipinski definition) is 0. The Labute approximate surface area is 117 Å². The largest absolute Gasteiger partial charge is 0.378 e. The third kappa shape index (κ3) is 3.76. The molecule has 1 atom stereocenters. The molecule has 0 bridgehead atoms. The first kappa shape index (κ1) is 14.9. The Morgan fingerprint density at radius 1 is 1.35 bits per heavy atom. The van der Waals surface area contributed by atoms with Crippen LogP contribution < -0.4 is 0 Å². The summed E-state index contributed by atoms with van der Waals surface area (Å²) in [5.41, 5.74) is 0.163. The number of carbonyl (C=O) groups excluding carboxylic acids is 1. The second-order valence-corrected chi connectivity index (χ2v) is 5.13. The SMILES string of the molecule is CN(CCC1CCCCO1)C(=O)c1ccc(F)c(F)c1. The minimum Gasteiger partial charge on any atom is -0.378 e. The quantitative estimate of drug-likeness (QED) is 0.850. The first-order chi connectivity index (χ1) is 9.58. The predicted octanol–water partition coefficient (Wildman–Crippen LogP) is 3.00. The van der Waals surface area contributed by atoms with Gasteiger partial charge in [-0.3, -0.25) is 4.79 Å². The van der Waals surface area contributed by atoms with E-state index in [1.807, 2.05) is 0 Å². The summed E-state index contributed by atoms with van der Waals surface area (Å²) in [5.74, 6) is -2.25. The number of benzene rings is 1. The van der Waals surface area contributed by atoms with E-state index in [0.717, 1.165) is 44.4 Å².